The Morgan fingerprint density at radius 3 is 2.60 bits per heavy atom. The Balaban J connectivity index is 2.23. The van der Waals surface area contributed by atoms with Crippen LogP contribution >= 0.6 is 0 Å². The van der Waals surface area contributed by atoms with Crippen LogP contribution in [0.4, 0.5) is 0 Å². The summed E-state index contributed by atoms with van der Waals surface area (Å²) in [6, 6.07) is 7.31. The molecule has 0 amide bonds. The van der Waals surface area contributed by atoms with Crippen LogP contribution in [0.1, 0.15) is 18.0 Å². The van der Waals surface area contributed by atoms with E-state index in [9.17, 15) is 4.79 Å². The summed E-state index contributed by atoms with van der Waals surface area (Å²) in [5.41, 5.74) is 0.955. The molecule has 2 rings (SSSR count). The average Bonchev–Trinajstić information content (AvgIpc) is 2.99. The lowest BCUT2D eigenvalue weighted by molar-refractivity contribution is -0.255. The predicted octanol–water partition coefficient (Wildman–Crippen LogP) is 1.98. The molecule has 1 unspecified atom stereocenters. The standard InChI is InChI=1S/C14H16N2O4/c1-18-12-5-3-11(4-6-12)13(9-14(17)20-19-2)16-8-7-15-10-16/h3-8,10,13H,9H2,1-2H3. The monoisotopic (exact) mass is 276 g/mol. The summed E-state index contributed by atoms with van der Waals surface area (Å²) >= 11 is 0. The third-order valence-corrected chi connectivity index (χ3v) is 2.92. The minimum Gasteiger partial charge on any atom is -0.497 e. The molecular weight excluding hydrogens is 260 g/mol. The Bertz CT molecular complexity index is 537. The molecule has 6 nitrogen and oxygen atoms in total. The zero-order valence-electron chi connectivity index (χ0n) is 11.4. The molecule has 0 aliphatic heterocycles. The van der Waals surface area contributed by atoms with Crippen molar-refractivity contribution in [1.29, 1.82) is 0 Å². The van der Waals surface area contributed by atoms with Crippen LogP contribution in [0.15, 0.2) is 43.0 Å². The van der Waals surface area contributed by atoms with E-state index < -0.39 is 5.97 Å². The number of ether oxygens (including phenoxy) is 1. The van der Waals surface area contributed by atoms with Crippen molar-refractivity contribution >= 4 is 5.97 Å². The van der Waals surface area contributed by atoms with E-state index in [0.717, 1.165) is 11.3 Å². The largest absolute Gasteiger partial charge is 0.497 e. The molecule has 0 aliphatic carbocycles. The minimum atomic E-state index is -0.443. The lowest BCUT2D eigenvalue weighted by Crippen LogP contribution is -2.16. The average molecular weight is 276 g/mol. The lowest BCUT2D eigenvalue weighted by Gasteiger charge is -2.18. The Kier molecular flexibility index (Phi) is 4.73. The van der Waals surface area contributed by atoms with E-state index in [1.807, 2.05) is 28.8 Å². The zero-order chi connectivity index (χ0) is 14.4. The summed E-state index contributed by atoms with van der Waals surface area (Å²) in [5.74, 6) is 0.319. The maximum Gasteiger partial charge on any atom is 0.344 e. The molecule has 0 spiro atoms. The Labute approximate surface area is 116 Å². The number of benzene rings is 1. The third-order valence-electron chi connectivity index (χ3n) is 2.92. The van der Waals surface area contributed by atoms with E-state index in [1.54, 1.807) is 25.8 Å². The third kappa shape index (κ3) is 3.36. The van der Waals surface area contributed by atoms with Gasteiger partial charge < -0.3 is 9.30 Å². The molecule has 0 bridgehead atoms. The molecule has 106 valence electrons. The first-order chi connectivity index (χ1) is 9.74. The normalized spacial score (nSPS) is 11.9. The fourth-order valence-electron chi connectivity index (χ4n) is 1.96. The number of carbonyl (C=O) groups is 1. The SMILES string of the molecule is COOC(=O)CC(c1ccc(OC)cc1)n1ccnc1. The summed E-state index contributed by atoms with van der Waals surface area (Å²) in [4.78, 5) is 24.6. The summed E-state index contributed by atoms with van der Waals surface area (Å²) < 4.78 is 6.97. The van der Waals surface area contributed by atoms with Gasteiger partial charge in [-0.05, 0) is 17.7 Å². The van der Waals surface area contributed by atoms with Crippen molar-refractivity contribution in [2.45, 2.75) is 12.5 Å². The number of hydrogen-bond donors (Lipinski definition) is 0. The Hall–Kier alpha value is -2.34. The second-order valence-corrected chi connectivity index (χ2v) is 4.12. The van der Waals surface area contributed by atoms with Gasteiger partial charge in [0.2, 0.25) is 0 Å². The van der Waals surface area contributed by atoms with E-state index in [2.05, 4.69) is 14.8 Å². The van der Waals surface area contributed by atoms with Crippen LogP contribution in [0, 0.1) is 0 Å². The summed E-state index contributed by atoms with van der Waals surface area (Å²) in [5, 5.41) is 0. The predicted molar refractivity (Wildman–Crippen MR) is 71.1 cm³/mol. The van der Waals surface area contributed by atoms with Gasteiger partial charge in [0.1, 0.15) is 5.75 Å². The molecule has 6 heteroatoms. The van der Waals surface area contributed by atoms with E-state index in [0.29, 0.717) is 0 Å². The van der Waals surface area contributed by atoms with Crippen molar-refractivity contribution in [1.82, 2.24) is 9.55 Å². The van der Waals surface area contributed by atoms with E-state index in [4.69, 9.17) is 4.74 Å². The Morgan fingerprint density at radius 1 is 1.30 bits per heavy atom. The number of hydrogen-bond acceptors (Lipinski definition) is 5. The van der Waals surface area contributed by atoms with Crippen LogP contribution in [0.2, 0.25) is 0 Å². The topological polar surface area (TPSA) is 62.6 Å². The van der Waals surface area contributed by atoms with Gasteiger partial charge in [-0.1, -0.05) is 12.1 Å². The van der Waals surface area contributed by atoms with Crippen molar-refractivity contribution in [3.05, 3.63) is 48.5 Å². The molecule has 1 heterocycles. The van der Waals surface area contributed by atoms with Crippen molar-refractivity contribution < 1.29 is 19.3 Å². The van der Waals surface area contributed by atoms with Gasteiger partial charge in [-0.15, -0.1) is 0 Å². The highest BCUT2D eigenvalue weighted by Gasteiger charge is 2.19. The highest BCUT2D eigenvalue weighted by atomic mass is 17.2. The van der Waals surface area contributed by atoms with E-state index in [-0.39, 0.29) is 12.5 Å². The van der Waals surface area contributed by atoms with Crippen LogP contribution in [-0.4, -0.2) is 29.7 Å². The maximum absolute atomic E-state index is 11.6. The number of carbonyl (C=O) groups excluding carboxylic acids is 1. The minimum absolute atomic E-state index is 0.149. The number of aromatic nitrogens is 2. The summed E-state index contributed by atoms with van der Waals surface area (Å²) in [6.07, 6.45) is 5.28. The molecule has 2 aromatic rings. The van der Waals surface area contributed by atoms with Crippen molar-refractivity contribution in [3.8, 4) is 5.75 Å². The number of nitrogens with zero attached hydrogens (tertiary/aromatic N) is 2. The smallest absolute Gasteiger partial charge is 0.344 e. The number of rotatable bonds is 6. The van der Waals surface area contributed by atoms with Crippen LogP contribution in [0.3, 0.4) is 0 Å². The molecule has 1 aromatic heterocycles. The van der Waals surface area contributed by atoms with Gasteiger partial charge in [0.25, 0.3) is 0 Å². The first-order valence-electron chi connectivity index (χ1n) is 6.09. The molecule has 0 saturated carbocycles. The van der Waals surface area contributed by atoms with Gasteiger partial charge in [-0.2, -0.15) is 4.89 Å². The molecule has 0 aliphatic rings. The maximum atomic E-state index is 11.6. The van der Waals surface area contributed by atoms with Crippen LogP contribution in [-0.2, 0) is 14.6 Å². The quantitative estimate of drug-likeness (QED) is 0.596. The summed E-state index contributed by atoms with van der Waals surface area (Å²) in [7, 11) is 2.91. The number of imidazole rings is 1. The molecule has 0 N–H and O–H groups in total. The number of methoxy groups -OCH3 is 1. The van der Waals surface area contributed by atoms with Gasteiger partial charge in [0.05, 0.1) is 33.0 Å². The van der Waals surface area contributed by atoms with Crippen molar-refractivity contribution in [2.75, 3.05) is 14.2 Å². The molecule has 0 fully saturated rings. The van der Waals surface area contributed by atoms with Crippen molar-refractivity contribution in [2.24, 2.45) is 0 Å². The van der Waals surface area contributed by atoms with Crippen LogP contribution in [0.25, 0.3) is 0 Å². The molecule has 1 atom stereocenters. The fraction of sp³-hybridized carbons (Fsp3) is 0.286. The molecule has 0 radical (unpaired) electrons. The van der Waals surface area contributed by atoms with Gasteiger partial charge in [0.15, 0.2) is 0 Å². The van der Waals surface area contributed by atoms with Crippen LogP contribution in [0.5, 0.6) is 5.75 Å². The van der Waals surface area contributed by atoms with Gasteiger partial charge in [-0.3, -0.25) is 4.89 Å². The molecule has 20 heavy (non-hydrogen) atoms. The fourth-order valence-corrected chi connectivity index (χ4v) is 1.96. The van der Waals surface area contributed by atoms with Crippen LogP contribution < -0.4 is 4.74 Å². The molecule has 0 saturated heterocycles. The van der Waals surface area contributed by atoms with Gasteiger partial charge in [0, 0.05) is 12.4 Å². The van der Waals surface area contributed by atoms with Crippen molar-refractivity contribution in [3.63, 3.8) is 0 Å². The van der Waals surface area contributed by atoms with Gasteiger partial charge >= 0.3 is 5.97 Å². The molecular formula is C14H16N2O4. The highest BCUT2D eigenvalue weighted by Crippen LogP contribution is 2.24. The lowest BCUT2D eigenvalue weighted by atomic mass is 10.0. The Morgan fingerprint density at radius 2 is 2.05 bits per heavy atom. The zero-order valence-corrected chi connectivity index (χ0v) is 11.4. The van der Waals surface area contributed by atoms with Gasteiger partial charge in [-0.25, -0.2) is 9.78 Å². The summed E-state index contributed by atoms with van der Waals surface area (Å²) in [6.45, 7) is 0. The highest BCUT2D eigenvalue weighted by molar-refractivity contribution is 5.69. The molecule has 1 aromatic carbocycles. The van der Waals surface area contributed by atoms with E-state index in [1.165, 1.54) is 7.11 Å². The first-order valence-corrected chi connectivity index (χ1v) is 6.09. The van der Waals surface area contributed by atoms with E-state index >= 15 is 0 Å². The first kappa shape index (κ1) is 14.1. The second-order valence-electron chi connectivity index (χ2n) is 4.12. The second kappa shape index (κ2) is 6.72.